The third-order valence-corrected chi connectivity index (χ3v) is 5.26. The highest BCUT2D eigenvalue weighted by atomic mass is 19.1. The van der Waals surface area contributed by atoms with Gasteiger partial charge in [0.25, 0.3) is 5.91 Å². The lowest BCUT2D eigenvalue weighted by molar-refractivity contribution is -0.139. The highest BCUT2D eigenvalue weighted by Gasteiger charge is 2.34. The van der Waals surface area contributed by atoms with Gasteiger partial charge in [0.15, 0.2) is 0 Å². The van der Waals surface area contributed by atoms with Gasteiger partial charge < -0.3 is 14.9 Å². The van der Waals surface area contributed by atoms with E-state index in [2.05, 4.69) is 0 Å². The summed E-state index contributed by atoms with van der Waals surface area (Å²) >= 11 is 0. The fourth-order valence-corrected chi connectivity index (χ4v) is 3.74. The molecule has 1 N–H and O–H groups in total. The largest absolute Gasteiger partial charge is 0.389 e. The van der Waals surface area contributed by atoms with Crippen molar-refractivity contribution in [3.05, 3.63) is 35.6 Å². The number of hydrogen-bond donors (Lipinski definition) is 1. The number of halogens is 1. The molecule has 0 unspecified atom stereocenters. The number of nitrogens with zero attached hydrogens (tertiary/aromatic N) is 2. The van der Waals surface area contributed by atoms with Gasteiger partial charge in [0.05, 0.1) is 12.0 Å². The van der Waals surface area contributed by atoms with Crippen molar-refractivity contribution in [3.8, 4) is 0 Å². The van der Waals surface area contributed by atoms with Crippen molar-refractivity contribution in [2.75, 3.05) is 26.2 Å². The van der Waals surface area contributed by atoms with Crippen LogP contribution in [0.3, 0.4) is 0 Å². The molecule has 2 fully saturated rings. The summed E-state index contributed by atoms with van der Waals surface area (Å²) in [6, 6.07) is 5.66. The molecule has 1 aliphatic heterocycles. The molecule has 0 atom stereocenters. The van der Waals surface area contributed by atoms with E-state index < -0.39 is 11.4 Å². The monoisotopic (exact) mass is 348 g/mol. The lowest BCUT2D eigenvalue weighted by atomic mass is 9.82. The minimum atomic E-state index is -0.857. The van der Waals surface area contributed by atoms with Gasteiger partial charge in [-0.05, 0) is 31.0 Å². The summed E-state index contributed by atoms with van der Waals surface area (Å²) in [7, 11) is 0. The molecule has 1 aromatic rings. The molecule has 1 aliphatic carbocycles. The highest BCUT2D eigenvalue weighted by molar-refractivity contribution is 5.94. The van der Waals surface area contributed by atoms with E-state index in [-0.39, 0.29) is 18.2 Å². The van der Waals surface area contributed by atoms with Crippen molar-refractivity contribution in [2.24, 2.45) is 0 Å². The SMILES string of the molecule is O=C(CC1(O)CCCCC1)N1CCN(C(=O)c2cccc(F)c2)CC1. The van der Waals surface area contributed by atoms with E-state index in [0.29, 0.717) is 44.6 Å². The van der Waals surface area contributed by atoms with E-state index in [1.165, 1.54) is 18.2 Å². The van der Waals surface area contributed by atoms with E-state index in [9.17, 15) is 19.1 Å². The second kappa shape index (κ2) is 7.52. The summed E-state index contributed by atoms with van der Waals surface area (Å²) in [6.45, 7) is 1.77. The van der Waals surface area contributed by atoms with Gasteiger partial charge in [0, 0.05) is 31.7 Å². The van der Waals surface area contributed by atoms with Gasteiger partial charge in [0.2, 0.25) is 5.91 Å². The maximum absolute atomic E-state index is 13.3. The van der Waals surface area contributed by atoms with Crippen molar-refractivity contribution in [1.29, 1.82) is 0 Å². The zero-order valence-corrected chi connectivity index (χ0v) is 14.4. The molecule has 2 amide bonds. The Morgan fingerprint density at radius 3 is 2.32 bits per heavy atom. The Labute approximate surface area is 147 Å². The highest BCUT2D eigenvalue weighted by Crippen LogP contribution is 2.31. The van der Waals surface area contributed by atoms with Crippen LogP contribution in [0, 0.1) is 5.82 Å². The fraction of sp³-hybridized carbons (Fsp3) is 0.579. The zero-order chi connectivity index (χ0) is 17.9. The first-order valence-corrected chi connectivity index (χ1v) is 9.02. The van der Waals surface area contributed by atoms with Gasteiger partial charge >= 0.3 is 0 Å². The predicted molar refractivity (Wildman–Crippen MR) is 91.5 cm³/mol. The molecule has 1 saturated carbocycles. The summed E-state index contributed by atoms with van der Waals surface area (Å²) in [5.41, 5.74) is -0.527. The Bertz CT molecular complexity index is 635. The number of piperazine rings is 1. The summed E-state index contributed by atoms with van der Waals surface area (Å²) in [6.07, 6.45) is 4.62. The maximum Gasteiger partial charge on any atom is 0.254 e. The number of carbonyl (C=O) groups excluding carboxylic acids is 2. The second-order valence-corrected chi connectivity index (χ2v) is 7.15. The Hall–Kier alpha value is -1.95. The van der Waals surface area contributed by atoms with Crippen molar-refractivity contribution in [1.82, 2.24) is 9.80 Å². The zero-order valence-electron chi connectivity index (χ0n) is 14.4. The number of rotatable bonds is 3. The molecule has 0 spiro atoms. The molecule has 25 heavy (non-hydrogen) atoms. The molecular weight excluding hydrogens is 323 g/mol. The first kappa shape index (κ1) is 17.9. The summed E-state index contributed by atoms with van der Waals surface area (Å²) in [4.78, 5) is 28.3. The number of aliphatic hydroxyl groups is 1. The second-order valence-electron chi connectivity index (χ2n) is 7.15. The first-order chi connectivity index (χ1) is 12.0. The predicted octanol–water partition coefficient (Wildman–Crippen LogP) is 2.20. The van der Waals surface area contributed by atoms with Crippen LogP contribution in [0.25, 0.3) is 0 Å². The van der Waals surface area contributed by atoms with Crippen molar-refractivity contribution in [2.45, 2.75) is 44.1 Å². The molecular formula is C19H25FN2O3. The van der Waals surface area contributed by atoms with Gasteiger partial charge in [-0.3, -0.25) is 9.59 Å². The van der Waals surface area contributed by atoms with Crippen LogP contribution in [-0.2, 0) is 4.79 Å². The van der Waals surface area contributed by atoms with Gasteiger partial charge in [-0.25, -0.2) is 4.39 Å². The first-order valence-electron chi connectivity index (χ1n) is 9.02. The van der Waals surface area contributed by atoms with E-state index >= 15 is 0 Å². The van der Waals surface area contributed by atoms with Gasteiger partial charge in [-0.1, -0.05) is 25.3 Å². The maximum atomic E-state index is 13.3. The van der Waals surface area contributed by atoms with Crippen LogP contribution in [0.1, 0.15) is 48.9 Å². The molecule has 0 aromatic heterocycles. The molecule has 1 heterocycles. The van der Waals surface area contributed by atoms with Gasteiger partial charge in [0.1, 0.15) is 5.82 Å². The minimum absolute atomic E-state index is 0.0396. The summed E-state index contributed by atoms with van der Waals surface area (Å²) in [5.74, 6) is -0.680. The molecule has 1 saturated heterocycles. The van der Waals surface area contributed by atoms with Crippen LogP contribution in [0.5, 0.6) is 0 Å². The smallest absolute Gasteiger partial charge is 0.254 e. The van der Waals surface area contributed by atoms with E-state index in [4.69, 9.17) is 0 Å². The molecule has 0 bridgehead atoms. The van der Waals surface area contributed by atoms with E-state index in [1.54, 1.807) is 15.9 Å². The third-order valence-electron chi connectivity index (χ3n) is 5.26. The number of hydrogen-bond acceptors (Lipinski definition) is 3. The Morgan fingerprint density at radius 2 is 1.68 bits per heavy atom. The van der Waals surface area contributed by atoms with Crippen LogP contribution in [0.4, 0.5) is 4.39 Å². The molecule has 136 valence electrons. The molecule has 3 rings (SSSR count). The Balaban J connectivity index is 1.53. The number of amides is 2. The molecule has 0 radical (unpaired) electrons. The molecule has 2 aliphatic rings. The normalized spacial score (nSPS) is 20.4. The average Bonchev–Trinajstić information content (AvgIpc) is 2.61. The summed E-state index contributed by atoms with van der Waals surface area (Å²) in [5, 5.41) is 10.5. The quantitative estimate of drug-likeness (QED) is 0.911. The Morgan fingerprint density at radius 1 is 1.04 bits per heavy atom. The molecule has 5 nitrogen and oxygen atoms in total. The number of carbonyl (C=O) groups is 2. The standard InChI is InChI=1S/C19H25FN2O3/c20-16-6-4-5-15(13-16)18(24)22-11-9-21(10-12-22)17(23)14-19(25)7-2-1-3-8-19/h4-6,13,25H,1-3,7-12,14H2. The Kier molecular flexibility index (Phi) is 5.37. The average molecular weight is 348 g/mol. The third kappa shape index (κ3) is 4.37. The molecule has 6 heteroatoms. The fourth-order valence-electron chi connectivity index (χ4n) is 3.74. The van der Waals surface area contributed by atoms with Crippen LogP contribution in [0.15, 0.2) is 24.3 Å². The van der Waals surface area contributed by atoms with E-state index in [0.717, 1.165) is 19.3 Å². The number of benzene rings is 1. The van der Waals surface area contributed by atoms with Crippen molar-refractivity contribution in [3.63, 3.8) is 0 Å². The van der Waals surface area contributed by atoms with Gasteiger partial charge in [-0.2, -0.15) is 0 Å². The van der Waals surface area contributed by atoms with Crippen molar-refractivity contribution < 1.29 is 19.1 Å². The van der Waals surface area contributed by atoms with Crippen molar-refractivity contribution >= 4 is 11.8 Å². The van der Waals surface area contributed by atoms with Gasteiger partial charge in [-0.15, -0.1) is 0 Å². The van der Waals surface area contributed by atoms with Crippen LogP contribution in [0.2, 0.25) is 0 Å². The lowest BCUT2D eigenvalue weighted by Crippen LogP contribution is -2.52. The minimum Gasteiger partial charge on any atom is -0.389 e. The topological polar surface area (TPSA) is 60.9 Å². The van der Waals surface area contributed by atoms with Crippen LogP contribution in [-0.4, -0.2) is 58.5 Å². The van der Waals surface area contributed by atoms with Crippen LogP contribution < -0.4 is 0 Å². The molecule has 1 aromatic carbocycles. The summed E-state index contributed by atoms with van der Waals surface area (Å²) < 4.78 is 13.3. The lowest BCUT2D eigenvalue weighted by Gasteiger charge is -2.38. The van der Waals surface area contributed by atoms with Crippen LogP contribution >= 0.6 is 0 Å². The van der Waals surface area contributed by atoms with E-state index in [1.807, 2.05) is 0 Å².